The van der Waals surface area contributed by atoms with E-state index >= 15 is 0 Å². The molecule has 10 heteroatoms. The van der Waals surface area contributed by atoms with Gasteiger partial charge in [0.2, 0.25) is 5.91 Å². The molecule has 6 rings (SSSR count). The van der Waals surface area contributed by atoms with Gasteiger partial charge in [-0.25, -0.2) is 4.79 Å². The maximum atomic E-state index is 12.5. The van der Waals surface area contributed by atoms with Crippen molar-refractivity contribution in [3.8, 4) is 0 Å². The van der Waals surface area contributed by atoms with Crippen molar-refractivity contribution in [1.82, 2.24) is 15.6 Å². The van der Waals surface area contributed by atoms with Crippen LogP contribution in [-0.4, -0.2) is 63.5 Å². The van der Waals surface area contributed by atoms with Crippen molar-refractivity contribution >= 4 is 34.4 Å². The summed E-state index contributed by atoms with van der Waals surface area (Å²) in [6.07, 6.45) is 12.2. The molecule has 0 bridgehead atoms. The van der Waals surface area contributed by atoms with Crippen molar-refractivity contribution in [1.29, 1.82) is 0 Å². The van der Waals surface area contributed by atoms with Crippen molar-refractivity contribution in [2.45, 2.75) is 90.2 Å². The van der Waals surface area contributed by atoms with Crippen molar-refractivity contribution in [2.24, 2.45) is 33.7 Å². The van der Waals surface area contributed by atoms with Crippen LogP contribution >= 0.6 is 0 Å². The number of aromatic nitrogens is 1. The minimum Gasteiger partial charge on any atom is -0.480 e. The Morgan fingerprint density at radius 3 is 2.62 bits per heavy atom. The number of aromatic amines is 1. The molecule has 242 valence electrons. The second kappa shape index (κ2) is 11.9. The van der Waals surface area contributed by atoms with Gasteiger partial charge in [-0.3, -0.25) is 9.59 Å². The fourth-order valence-electron chi connectivity index (χ4n) is 9.26. The van der Waals surface area contributed by atoms with Crippen molar-refractivity contribution in [3.05, 3.63) is 47.7 Å². The molecule has 4 aliphatic carbocycles. The lowest BCUT2D eigenvalue weighted by Gasteiger charge is -2.59. The molecule has 0 aliphatic heterocycles. The van der Waals surface area contributed by atoms with Gasteiger partial charge in [0.25, 0.3) is 5.91 Å². The molecule has 3 saturated carbocycles. The summed E-state index contributed by atoms with van der Waals surface area (Å²) in [7, 11) is 0. The molecule has 2 aromatic rings. The first-order chi connectivity index (χ1) is 21.4. The summed E-state index contributed by atoms with van der Waals surface area (Å²) in [5, 5.41) is 31.0. The summed E-state index contributed by atoms with van der Waals surface area (Å²) in [6.45, 7) is 6.08. The highest BCUT2D eigenvalue weighted by molar-refractivity contribution is 5.96. The fourth-order valence-corrected chi connectivity index (χ4v) is 9.26. The number of carbonyl (C=O) groups excluding carboxylic acids is 2. The predicted molar refractivity (Wildman–Crippen MR) is 170 cm³/mol. The second-order valence-electron chi connectivity index (χ2n) is 14.4. The lowest BCUT2D eigenvalue weighted by molar-refractivity contribution is -0.141. The normalized spacial score (nSPS) is 33.8. The van der Waals surface area contributed by atoms with E-state index < -0.39 is 29.4 Å². The summed E-state index contributed by atoms with van der Waals surface area (Å²) in [5.74, 6) is -0.415. The maximum Gasteiger partial charge on any atom is 0.326 e. The van der Waals surface area contributed by atoms with Gasteiger partial charge in [-0.15, -0.1) is 0 Å². The van der Waals surface area contributed by atoms with Gasteiger partial charge in [-0.05, 0) is 105 Å². The molecular weight excluding hydrogens is 572 g/mol. The molecule has 2 amide bonds. The Balaban J connectivity index is 0.982. The highest BCUT2D eigenvalue weighted by Gasteiger charge is 2.62. The number of para-hydroxylation sites is 1. The molecular formula is C35H46N4O6. The van der Waals surface area contributed by atoms with Crippen LogP contribution in [-0.2, 0) is 25.6 Å². The van der Waals surface area contributed by atoms with Crippen molar-refractivity contribution in [2.75, 3.05) is 13.2 Å². The van der Waals surface area contributed by atoms with E-state index in [1.54, 1.807) is 6.20 Å². The van der Waals surface area contributed by atoms with Crippen LogP contribution in [0.3, 0.4) is 0 Å². The van der Waals surface area contributed by atoms with Crippen LogP contribution in [0.15, 0.2) is 47.3 Å². The van der Waals surface area contributed by atoms with E-state index in [1.807, 2.05) is 31.2 Å². The number of rotatable bonds is 9. The van der Waals surface area contributed by atoms with Gasteiger partial charge in [0.1, 0.15) is 6.04 Å². The Morgan fingerprint density at radius 1 is 1.04 bits per heavy atom. The number of nitrogens with one attached hydrogen (secondary N) is 3. The van der Waals surface area contributed by atoms with Gasteiger partial charge in [0, 0.05) is 23.5 Å². The Labute approximate surface area is 264 Å². The van der Waals surface area contributed by atoms with Crippen LogP contribution in [0.1, 0.15) is 77.7 Å². The first kappa shape index (κ1) is 31.3. The predicted octanol–water partition coefficient (Wildman–Crippen LogP) is 4.48. The Hall–Kier alpha value is -3.66. The smallest absolute Gasteiger partial charge is 0.326 e. The van der Waals surface area contributed by atoms with Gasteiger partial charge in [-0.1, -0.05) is 42.8 Å². The van der Waals surface area contributed by atoms with Crippen LogP contribution in [0.4, 0.5) is 0 Å². The van der Waals surface area contributed by atoms with Crippen LogP contribution < -0.4 is 10.6 Å². The summed E-state index contributed by atoms with van der Waals surface area (Å²) in [6, 6.07) is 6.42. The highest BCUT2D eigenvalue weighted by atomic mass is 16.6. The highest BCUT2D eigenvalue weighted by Crippen LogP contribution is 2.67. The van der Waals surface area contributed by atoms with Crippen LogP contribution in [0.2, 0.25) is 0 Å². The van der Waals surface area contributed by atoms with Crippen molar-refractivity contribution < 1.29 is 29.4 Å². The monoisotopic (exact) mass is 618 g/mol. The summed E-state index contributed by atoms with van der Waals surface area (Å²) in [5.41, 5.74) is 3.50. The van der Waals surface area contributed by atoms with E-state index in [0.717, 1.165) is 73.5 Å². The third kappa shape index (κ3) is 5.77. The fraction of sp³-hybridized carbons (Fsp3) is 0.600. The molecule has 5 N–H and O–H groups in total. The summed E-state index contributed by atoms with van der Waals surface area (Å²) < 4.78 is 0. The van der Waals surface area contributed by atoms with Gasteiger partial charge < -0.3 is 30.7 Å². The lowest BCUT2D eigenvalue weighted by atomic mass is 9.46. The summed E-state index contributed by atoms with van der Waals surface area (Å²) >= 11 is 0. The quantitative estimate of drug-likeness (QED) is 0.261. The number of carbonyl (C=O) groups is 3. The van der Waals surface area contributed by atoms with Crippen molar-refractivity contribution in [3.63, 3.8) is 0 Å². The molecule has 1 heterocycles. The van der Waals surface area contributed by atoms with Gasteiger partial charge in [0.15, 0.2) is 6.61 Å². The molecule has 0 spiro atoms. The zero-order valence-electron chi connectivity index (χ0n) is 26.5. The third-order valence-electron chi connectivity index (χ3n) is 12.1. The van der Waals surface area contributed by atoms with E-state index in [1.165, 1.54) is 5.57 Å². The van der Waals surface area contributed by atoms with E-state index in [2.05, 4.69) is 40.7 Å². The number of amides is 2. The minimum absolute atomic E-state index is 0.0119. The molecule has 0 saturated heterocycles. The number of hydrogen-bond donors (Lipinski definition) is 5. The molecule has 10 nitrogen and oxygen atoms in total. The number of nitrogens with zero attached hydrogens (tertiary/aromatic N) is 1. The number of hydrogen-bond acceptors (Lipinski definition) is 6. The first-order valence-electron chi connectivity index (χ1n) is 16.4. The number of benzene rings is 1. The third-order valence-corrected chi connectivity index (χ3v) is 12.1. The number of aliphatic carboxylic acids is 1. The van der Waals surface area contributed by atoms with E-state index in [-0.39, 0.29) is 30.4 Å². The topological polar surface area (TPSA) is 153 Å². The molecule has 3 fully saturated rings. The van der Waals surface area contributed by atoms with Crippen LogP contribution in [0, 0.1) is 28.6 Å². The van der Waals surface area contributed by atoms with E-state index in [9.17, 15) is 24.6 Å². The number of carboxylic acids is 1. The van der Waals surface area contributed by atoms with Crippen LogP contribution in [0.25, 0.3) is 10.9 Å². The molecule has 1 aromatic heterocycles. The van der Waals surface area contributed by atoms with Crippen LogP contribution in [0.5, 0.6) is 0 Å². The van der Waals surface area contributed by atoms with Gasteiger partial charge >= 0.3 is 5.97 Å². The molecule has 4 aliphatic rings. The number of allylic oxidation sites excluding steroid dienone is 2. The zero-order chi connectivity index (χ0) is 32.0. The first-order valence-corrected chi connectivity index (χ1v) is 16.4. The molecule has 0 unspecified atom stereocenters. The maximum absolute atomic E-state index is 12.5. The second-order valence-corrected chi connectivity index (χ2v) is 14.4. The minimum atomic E-state index is -1.15. The average Bonchev–Trinajstić information content (AvgIpc) is 3.52. The number of H-pyrrole nitrogens is 1. The molecule has 7 atom stereocenters. The SMILES string of the molecule is C[C@]12CC/C(=N\OCC(=O)NCC(=O)N[C@@H](Cc3c[nH]c4ccccc34)C(=O)O)C=C1CC[C@@H]1[C@@H]2CC[C@@]2(C)[C@H]1CC[C@]2(C)O. The molecule has 1 aromatic carbocycles. The number of carboxylic acid groups (broad SMARTS) is 1. The number of fused-ring (bicyclic) bond motifs is 6. The molecule has 0 radical (unpaired) electrons. The number of oxime groups is 1. The average molecular weight is 619 g/mol. The Kier molecular flexibility index (Phi) is 8.31. The number of aliphatic hydroxyl groups is 1. The Bertz CT molecular complexity index is 1540. The standard InChI is InChI=1S/C35H46N4O6/c1-33-13-10-23(17-22(33)8-9-25-26(33)11-14-34(2)27(25)12-15-35(34,3)44)39-45-20-31(41)37-19-30(40)38-29(32(42)43)16-21-18-36-28-7-5-4-6-24(21)28/h4-7,17-18,25-27,29,36,44H,8-16,19-20H2,1-3H3,(H,37,41)(H,38,40)(H,42,43)/b39-23+/t25-,26+,27+,29+,33+,34+,35+/m1/s1. The Morgan fingerprint density at radius 2 is 1.82 bits per heavy atom. The molecule has 45 heavy (non-hydrogen) atoms. The van der Waals surface area contributed by atoms with E-state index in [4.69, 9.17) is 4.84 Å². The zero-order valence-corrected chi connectivity index (χ0v) is 26.5. The van der Waals surface area contributed by atoms with Gasteiger partial charge in [0.05, 0.1) is 17.9 Å². The van der Waals surface area contributed by atoms with E-state index in [0.29, 0.717) is 17.8 Å². The summed E-state index contributed by atoms with van der Waals surface area (Å²) in [4.78, 5) is 45.2. The largest absolute Gasteiger partial charge is 0.480 e. The van der Waals surface area contributed by atoms with Gasteiger partial charge in [-0.2, -0.15) is 0 Å². The lowest BCUT2D eigenvalue weighted by Crippen LogP contribution is -2.53.